The molecule has 1 saturated carbocycles. The van der Waals surface area contributed by atoms with E-state index in [1.54, 1.807) is 18.2 Å². The Labute approximate surface area is 147 Å². The lowest BCUT2D eigenvalue weighted by Crippen LogP contribution is -2.44. The minimum absolute atomic E-state index is 0.0699. The molecule has 1 aromatic heterocycles. The van der Waals surface area contributed by atoms with Gasteiger partial charge in [0, 0.05) is 22.7 Å². The van der Waals surface area contributed by atoms with Crippen LogP contribution in [0.4, 0.5) is 0 Å². The molecule has 1 heterocycles. The second-order valence-electron chi connectivity index (χ2n) is 6.33. The summed E-state index contributed by atoms with van der Waals surface area (Å²) in [4.78, 5) is 4.72. The molecule has 2 aromatic rings. The monoisotopic (exact) mass is 365 g/mol. The van der Waals surface area contributed by atoms with Crippen LogP contribution in [0.1, 0.15) is 31.4 Å². The van der Waals surface area contributed by atoms with Crippen LogP contribution in [-0.2, 0) is 10.0 Å². The molecule has 0 amide bonds. The average molecular weight is 366 g/mol. The summed E-state index contributed by atoms with van der Waals surface area (Å²) >= 11 is 1.52. The van der Waals surface area contributed by atoms with Crippen molar-refractivity contribution < 1.29 is 8.42 Å². The maximum Gasteiger partial charge on any atom is 0.240 e. The minimum Gasteiger partial charge on any atom is -0.330 e. The largest absolute Gasteiger partial charge is 0.330 e. The molecule has 0 saturated heterocycles. The van der Waals surface area contributed by atoms with Gasteiger partial charge in [-0.25, -0.2) is 18.1 Å². The third-order valence-electron chi connectivity index (χ3n) is 4.53. The molecule has 1 fully saturated rings. The second kappa shape index (κ2) is 7.31. The van der Waals surface area contributed by atoms with Crippen LogP contribution in [-0.4, -0.2) is 26.0 Å². The van der Waals surface area contributed by atoms with Crippen LogP contribution in [0.15, 0.2) is 34.5 Å². The number of benzene rings is 1. The van der Waals surface area contributed by atoms with Gasteiger partial charge in [0.25, 0.3) is 0 Å². The Bertz CT molecular complexity index is 802. The minimum atomic E-state index is -3.56. The van der Waals surface area contributed by atoms with Crippen LogP contribution < -0.4 is 10.5 Å². The fraction of sp³-hybridized carbons (Fsp3) is 0.471. The van der Waals surface area contributed by atoms with E-state index in [0.29, 0.717) is 6.54 Å². The van der Waals surface area contributed by atoms with Crippen molar-refractivity contribution in [1.82, 2.24) is 9.71 Å². The van der Waals surface area contributed by atoms with Crippen molar-refractivity contribution in [2.75, 3.05) is 6.54 Å². The Morgan fingerprint density at radius 2 is 2.12 bits per heavy atom. The van der Waals surface area contributed by atoms with Crippen molar-refractivity contribution in [3.8, 4) is 10.6 Å². The molecule has 2 unspecified atom stereocenters. The van der Waals surface area contributed by atoms with Gasteiger partial charge >= 0.3 is 0 Å². The molecule has 130 valence electrons. The van der Waals surface area contributed by atoms with Crippen molar-refractivity contribution in [3.63, 3.8) is 0 Å². The van der Waals surface area contributed by atoms with Crippen LogP contribution in [0.25, 0.3) is 10.6 Å². The van der Waals surface area contributed by atoms with E-state index in [4.69, 9.17) is 5.73 Å². The number of hydrogen-bond acceptors (Lipinski definition) is 5. The number of nitrogens with one attached hydrogen (secondary N) is 1. The number of rotatable bonds is 5. The van der Waals surface area contributed by atoms with Gasteiger partial charge in [-0.1, -0.05) is 25.0 Å². The summed E-state index contributed by atoms with van der Waals surface area (Å²) in [5.41, 5.74) is 7.58. The number of aromatic nitrogens is 1. The van der Waals surface area contributed by atoms with E-state index in [1.165, 1.54) is 11.3 Å². The molecule has 5 nitrogen and oxygen atoms in total. The first-order chi connectivity index (χ1) is 11.5. The van der Waals surface area contributed by atoms with Crippen molar-refractivity contribution in [1.29, 1.82) is 0 Å². The van der Waals surface area contributed by atoms with E-state index in [0.717, 1.165) is 41.9 Å². The van der Waals surface area contributed by atoms with E-state index >= 15 is 0 Å². The van der Waals surface area contributed by atoms with Crippen molar-refractivity contribution in [3.05, 3.63) is 35.3 Å². The Morgan fingerprint density at radius 3 is 2.83 bits per heavy atom. The van der Waals surface area contributed by atoms with Crippen LogP contribution in [0.3, 0.4) is 0 Å². The summed E-state index contributed by atoms with van der Waals surface area (Å²) in [7, 11) is -3.56. The lowest BCUT2D eigenvalue weighted by Gasteiger charge is -2.31. The quantitative estimate of drug-likeness (QED) is 0.853. The highest BCUT2D eigenvalue weighted by Crippen LogP contribution is 2.28. The van der Waals surface area contributed by atoms with E-state index < -0.39 is 10.0 Å². The highest BCUT2D eigenvalue weighted by atomic mass is 32.2. The second-order valence-corrected chi connectivity index (χ2v) is 8.90. The molecule has 2 atom stereocenters. The van der Waals surface area contributed by atoms with Gasteiger partial charge in [0.05, 0.1) is 4.90 Å². The van der Waals surface area contributed by atoms with Crippen molar-refractivity contribution in [2.24, 2.45) is 11.7 Å². The van der Waals surface area contributed by atoms with Gasteiger partial charge in [0.1, 0.15) is 5.01 Å². The molecule has 0 spiro atoms. The van der Waals surface area contributed by atoms with E-state index in [9.17, 15) is 8.42 Å². The van der Waals surface area contributed by atoms with Crippen LogP contribution >= 0.6 is 11.3 Å². The van der Waals surface area contributed by atoms with Gasteiger partial charge in [-0.2, -0.15) is 0 Å². The Morgan fingerprint density at radius 1 is 1.33 bits per heavy atom. The molecule has 7 heteroatoms. The molecule has 1 aliphatic rings. The summed E-state index contributed by atoms with van der Waals surface area (Å²) in [6.45, 7) is 2.45. The van der Waals surface area contributed by atoms with Crippen LogP contribution in [0.2, 0.25) is 0 Å². The lowest BCUT2D eigenvalue weighted by atomic mass is 9.85. The molecule has 0 radical (unpaired) electrons. The molecule has 1 aliphatic carbocycles. The number of nitrogens with two attached hydrogens (primary N) is 1. The number of thiazole rings is 1. The smallest absolute Gasteiger partial charge is 0.240 e. The van der Waals surface area contributed by atoms with Gasteiger partial charge in [-0.05, 0) is 44.4 Å². The van der Waals surface area contributed by atoms with Crippen LogP contribution in [0, 0.1) is 12.8 Å². The highest BCUT2D eigenvalue weighted by molar-refractivity contribution is 7.89. The summed E-state index contributed by atoms with van der Waals surface area (Å²) in [6, 6.07) is 6.91. The zero-order valence-corrected chi connectivity index (χ0v) is 15.4. The zero-order valence-electron chi connectivity index (χ0n) is 13.7. The molecule has 24 heavy (non-hydrogen) atoms. The van der Waals surface area contributed by atoms with Crippen molar-refractivity contribution >= 4 is 21.4 Å². The molecular formula is C17H23N3O2S2. The van der Waals surface area contributed by atoms with Gasteiger partial charge in [-0.3, -0.25) is 0 Å². The third-order valence-corrected chi connectivity index (χ3v) is 7.03. The van der Waals surface area contributed by atoms with Gasteiger partial charge < -0.3 is 5.73 Å². The third kappa shape index (κ3) is 3.85. The number of nitrogens with zero attached hydrogens (tertiary/aromatic N) is 1. The molecular weight excluding hydrogens is 342 g/mol. The topological polar surface area (TPSA) is 85.1 Å². The zero-order chi connectivity index (χ0) is 17.2. The number of hydrogen-bond donors (Lipinski definition) is 2. The standard InChI is InChI=1S/C17H23N3O2S2/c1-12-11-23-17(19-12)13-6-4-7-15(9-13)24(21,22)20-16-8-3-2-5-14(16)10-18/h4,6-7,9,11,14,16,20H,2-3,5,8,10,18H2,1H3. The molecule has 1 aromatic carbocycles. The Balaban J connectivity index is 1.84. The number of aryl methyl sites for hydroxylation is 1. The van der Waals surface area contributed by atoms with E-state index in [2.05, 4.69) is 9.71 Å². The van der Waals surface area contributed by atoms with Crippen LogP contribution in [0.5, 0.6) is 0 Å². The van der Waals surface area contributed by atoms with Gasteiger partial charge in [0.15, 0.2) is 0 Å². The first-order valence-electron chi connectivity index (χ1n) is 8.24. The van der Waals surface area contributed by atoms with Gasteiger partial charge in [-0.15, -0.1) is 11.3 Å². The first kappa shape index (κ1) is 17.5. The van der Waals surface area contributed by atoms with E-state index in [-0.39, 0.29) is 16.9 Å². The average Bonchev–Trinajstić information content (AvgIpc) is 3.02. The predicted molar refractivity (Wildman–Crippen MR) is 97.4 cm³/mol. The maximum atomic E-state index is 12.8. The molecule has 3 rings (SSSR count). The highest BCUT2D eigenvalue weighted by Gasteiger charge is 2.28. The lowest BCUT2D eigenvalue weighted by molar-refractivity contribution is 0.296. The Hall–Kier alpha value is -1.28. The summed E-state index contributed by atoms with van der Waals surface area (Å²) < 4.78 is 28.4. The summed E-state index contributed by atoms with van der Waals surface area (Å²) in [5, 5.41) is 2.80. The normalized spacial score (nSPS) is 21.8. The van der Waals surface area contributed by atoms with Crippen molar-refractivity contribution in [2.45, 2.75) is 43.5 Å². The number of sulfonamides is 1. The predicted octanol–water partition coefficient (Wildman–Crippen LogP) is 2.91. The Kier molecular flexibility index (Phi) is 5.34. The van der Waals surface area contributed by atoms with Gasteiger partial charge in [0.2, 0.25) is 10.0 Å². The molecule has 0 bridgehead atoms. The SMILES string of the molecule is Cc1csc(-c2cccc(S(=O)(=O)NC3CCCCC3CN)c2)n1. The fourth-order valence-corrected chi connectivity index (χ4v) is 5.37. The molecule has 0 aliphatic heterocycles. The first-order valence-corrected chi connectivity index (χ1v) is 10.6. The summed E-state index contributed by atoms with van der Waals surface area (Å²) in [6.07, 6.45) is 4.01. The maximum absolute atomic E-state index is 12.8. The fourth-order valence-electron chi connectivity index (χ4n) is 3.20. The molecule has 3 N–H and O–H groups in total. The van der Waals surface area contributed by atoms with E-state index in [1.807, 2.05) is 18.4 Å². The summed E-state index contributed by atoms with van der Waals surface area (Å²) in [5.74, 6) is 0.221.